The van der Waals surface area contributed by atoms with Gasteiger partial charge >= 0.3 is 6.18 Å². The van der Waals surface area contributed by atoms with Crippen molar-refractivity contribution in [2.45, 2.75) is 19.6 Å². The lowest BCUT2D eigenvalue weighted by atomic mass is 10.1. The van der Waals surface area contributed by atoms with E-state index in [1.807, 2.05) is 0 Å². The van der Waals surface area contributed by atoms with Gasteiger partial charge in [-0.3, -0.25) is 0 Å². The highest BCUT2D eigenvalue weighted by molar-refractivity contribution is 5.46. The van der Waals surface area contributed by atoms with Gasteiger partial charge < -0.3 is 5.32 Å². The third-order valence-corrected chi connectivity index (χ3v) is 2.98. The normalized spacial score (nSPS) is 11.4. The average Bonchev–Trinajstić information content (AvgIpc) is 2.39. The Kier molecular flexibility index (Phi) is 3.97. The fourth-order valence-electron chi connectivity index (χ4n) is 1.85. The molecule has 0 heterocycles. The Labute approximate surface area is 114 Å². The van der Waals surface area contributed by atoms with E-state index in [2.05, 4.69) is 5.32 Å². The molecule has 0 aliphatic rings. The van der Waals surface area contributed by atoms with Gasteiger partial charge in [0, 0.05) is 12.2 Å². The van der Waals surface area contributed by atoms with Crippen molar-refractivity contribution in [3.63, 3.8) is 0 Å². The molecule has 106 valence electrons. The number of nitrogens with one attached hydrogen (secondary N) is 1. The molecule has 0 atom stereocenters. The Bertz CT molecular complexity index is 605. The summed E-state index contributed by atoms with van der Waals surface area (Å²) in [6.45, 7) is 1.61. The van der Waals surface area contributed by atoms with Gasteiger partial charge in [-0.1, -0.05) is 24.3 Å². The molecule has 0 spiro atoms. The highest BCUT2D eigenvalue weighted by Gasteiger charge is 2.32. The third-order valence-electron chi connectivity index (χ3n) is 2.98. The molecule has 0 aromatic heterocycles. The monoisotopic (exact) mass is 283 g/mol. The van der Waals surface area contributed by atoms with Crippen molar-refractivity contribution >= 4 is 5.69 Å². The molecule has 1 N–H and O–H groups in total. The van der Waals surface area contributed by atoms with Crippen LogP contribution in [0, 0.1) is 12.7 Å². The van der Waals surface area contributed by atoms with Gasteiger partial charge in [-0.05, 0) is 36.2 Å². The van der Waals surface area contributed by atoms with Gasteiger partial charge in [-0.25, -0.2) is 4.39 Å². The van der Waals surface area contributed by atoms with Crippen LogP contribution in [0.1, 0.15) is 16.7 Å². The van der Waals surface area contributed by atoms with Gasteiger partial charge in [0.25, 0.3) is 0 Å². The maximum absolute atomic E-state index is 13.4. The molecule has 1 nitrogen and oxygen atoms in total. The van der Waals surface area contributed by atoms with Gasteiger partial charge in [-0.15, -0.1) is 0 Å². The number of hydrogen-bond donors (Lipinski definition) is 1. The minimum Gasteiger partial charge on any atom is -0.381 e. The molecule has 0 aliphatic heterocycles. The van der Waals surface area contributed by atoms with Crippen LogP contribution >= 0.6 is 0 Å². The van der Waals surface area contributed by atoms with Crippen LogP contribution in [0.4, 0.5) is 23.2 Å². The topological polar surface area (TPSA) is 12.0 Å². The molecule has 20 heavy (non-hydrogen) atoms. The first kappa shape index (κ1) is 14.4. The van der Waals surface area contributed by atoms with Gasteiger partial charge in [0.15, 0.2) is 0 Å². The van der Waals surface area contributed by atoms with Gasteiger partial charge in [0.2, 0.25) is 0 Å². The van der Waals surface area contributed by atoms with E-state index in [0.717, 1.165) is 6.07 Å². The van der Waals surface area contributed by atoms with E-state index in [0.29, 0.717) is 11.3 Å². The quantitative estimate of drug-likeness (QED) is 0.800. The van der Waals surface area contributed by atoms with Crippen molar-refractivity contribution in [3.8, 4) is 0 Å². The average molecular weight is 283 g/mol. The second-order valence-corrected chi connectivity index (χ2v) is 4.47. The zero-order valence-corrected chi connectivity index (χ0v) is 10.8. The van der Waals surface area contributed by atoms with E-state index in [-0.39, 0.29) is 17.9 Å². The number of anilines is 1. The smallest absolute Gasteiger partial charge is 0.381 e. The van der Waals surface area contributed by atoms with E-state index in [1.54, 1.807) is 25.1 Å². The fraction of sp³-hybridized carbons (Fsp3) is 0.200. The highest BCUT2D eigenvalue weighted by Crippen LogP contribution is 2.32. The van der Waals surface area contributed by atoms with Gasteiger partial charge in [0.1, 0.15) is 5.82 Å². The van der Waals surface area contributed by atoms with Crippen molar-refractivity contribution < 1.29 is 17.6 Å². The molecule has 2 rings (SSSR count). The summed E-state index contributed by atoms with van der Waals surface area (Å²) in [7, 11) is 0. The molecule has 0 saturated heterocycles. The SMILES string of the molecule is Cc1ccc(NCc2ccccc2C(F)(F)F)cc1F. The number of halogens is 4. The second-order valence-electron chi connectivity index (χ2n) is 4.47. The van der Waals surface area contributed by atoms with Crippen molar-refractivity contribution in [1.29, 1.82) is 0 Å². The molecule has 0 bridgehead atoms. The van der Waals surface area contributed by atoms with Crippen LogP contribution in [0.15, 0.2) is 42.5 Å². The summed E-state index contributed by atoms with van der Waals surface area (Å²) in [6, 6.07) is 9.81. The lowest BCUT2D eigenvalue weighted by Crippen LogP contribution is -2.11. The van der Waals surface area contributed by atoms with Crippen molar-refractivity contribution in [1.82, 2.24) is 0 Å². The summed E-state index contributed by atoms with van der Waals surface area (Å²) in [4.78, 5) is 0. The van der Waals surface area contributed by atoms with Crippen LogP contribution in [-0.2, 0) is 12.7 Å². The lowest BCUT2D eigenvalue weighted by molar-refractivity contribution is -0.138. The van der Waals surface area contributed by atoms with E-state index < -0.39 is 11.7 Å². The predicted molar refractivity (Wildman–Crippen MR) is 69.9 cm³/mol. The van der Waals surface area contributed by atoms with Crippen LogP contribution in [0.3, 0.4) is 0 Å². The minimum atomic E-state index is -4.39. The summed E-state index contributed by atoms with van der Waals surface area (Å²) in [6.07, 6.45) is -4.39. The van der Waals surface area contributed by atoms with Crippen molar-refractivity contribution in [2.75, 3.05) is 5.32 Å². The van der Waals surface area contributed by atoms with E-state index in [9.17, 15) is 17.6 Å². The zero-order valence-electron chi connectivity index (χ0n) is 10.8. The first-order valence-corrected chi connectivity index (χ1v) is 6.03. The second kappa shape index (κ2) is 5.53. The van der Waals surface area contributed by atoms with E-state index in [1.165, 1.54) is 18.2 Å². The Morgan fingerprint density at radius 2 is 1.75 bits per heavy atom. The molecule has 2 aromatic rings. The van der Waals surface area contributed by atoms with Crippen LogP contribution < -0.4 is 5.32 Å². The molecule has 2 aromatic carbocycles. The summed E-state index contributed by atoms with van der Waals surface area (Å²) in [5.74, 6) is -0.390. The van der Waals surface area contributed by atoms with Crippen molar-refractivity contribution in [3.05, 3.63) is 65.0 Å². The van der Waals surface area contributed by atoms with Crippen LogP contribution in [0.5, 0.6) is 0 Å². The van der Waals surface area contributed by atoms with Gasteiger partial charge in [-0.2, -0.15) is 13.2 Å². The molecule has 0 fully saturated rings. The fourth-order valence-corrected chi connectivity index (χ4v) is 1.85. The Balaban J connectivity index is 2.17. The standard InChI is InChI=1S/C15H13F4N/c1-10-6-7-12(8-14(10)16)20-9-11-4-2-3-5-13(11)15(17,18)19/h2-8,20H,9H2,1H3. The Morgan fingerprint density at radius 1 is 1.05 bits per heavy atom. The maximum Gasteiger partial charge on any atom is 0.416 e. The van der Waals surface area contributed by atoms with E-state index in [4.69, 9.17) is 0 Å². The van der Waals surface area contributed by atoms with E-state index >= 15 is 0 Å². The number of hydrogen-bond acceptors (Lipinski definition) is 1. The van der Waals surface area contributed by atoms with Crippen LogP contribution in [-0.4, -0.2) is 0 Å². The molecular formula is C15H13F4N. The number of rotatable bonds is 3. The van der Waals surface area contributed by atoms with Crippen LogP contribution in [0.2, 0.25) is 0 Å². The third kappa shape index (κ3) is 3.29. The molecule has 5 heteroatoms. The Hall–Kier alpha value is -2.04. The summed E-state index contributed by atoms with van der Waals surface area (Å²) >= 11 is 0. The lowest BCUT2D eigenvalue weighted by Gasteiger charge is -2.14. The minimum absolute atomic E-state index is 0.0157. The largest absolute Gasteiger partial charge is 0.416 e. The summed E-state index contributed by atoms with van der Waals surface area (Å²) < 4.78 is 51.8. The summed E-state index contributed by atoms with van der Waals surface area (Å²) in [5.41, 5.74) is 0.386. The summed E-state index contributed by atoms with van der Waals surface area (Å²) in [5, 5.41) is 2.80. The zero-order chi connectivity index (χ0) is 14.8. The van der Waals surface area contributed by atoms with Crippen molar-refractivity contribution in [2.24, 2.45) is 0 Å². The molecule has 0 amide bonds. The molecule has 0 unspecified atom stereocenters. The number of aryl methyl sites for hydroxylation is 1. The molecular weight excluding hydrogens is 270 g/mol. The molecule has 0 radical (unpaired) electrons. The predicted octanol–water partition coefficient (Wildman–Crippen LogP) is 4.77. The highest BCUT2D eigenvalue weighted by atomic mass is 19.4. The first-order valence-electron chi connectivity index (χ1n) is 6.03. The maximum atomic E-state index is 13.4. The molecule has 0 aliphatic carbocycles. The number of alkyl halides is 3. The number of benzene rings is 2. The van der Waals surface area contributed by atoms with Gasteiger partial charge in [0.05, 0.1) is 5.56 Å². The molecule has 0 saturated carbocycles. The van der Waals surface area contributed by atoms with Crippen LogP contribution in [0.25, 0.3) is 0 Å². The Morgan fingerprint density at radius 3 is 2.40 bits per heavy atom. The first-order chi connectivity index (χ1) is 9.38.